The molecule has 16 heavy (non-hydrogen) atoms. The maximum atomic E-state index is 12.1. The number of esters is 1. The van der Waals surface area contributed by atoms with Gasteiger partial charge < -0.3 is 4.74 Å². The summed E-state index contributed by atoms with van der Waals surface area (Å²) in [7, 11) is 0. The van der Waals surface area contributed by atoms with Crippen LogP contribution in [0.1, 0.15) is 38.7 Å². The molecule has 1 aromatic carbocycles. The van der Waals surface area contributed by atoms with Gasteiger partial charge in [-0.15, -0.1) is 0 Å². The van der Waals surface area contributed by atoms with Crippen LogP contribution in [0.15, 0.2) is 30.3 Å². The lowest BCUT2D eigenvalue weighted by Gasteiger charge is -2.40. The van der Waals surface area contributed by atoms with Gasteiger partial charge in [-0.05, 0) is 32.3 Å². The maximum absolute atomic E-state index is 12.1. The monoisotopic (exact) mass is 218 g/mol. The summed E-state index contributed by atoms with van der Waals surface area (Å²) in [6.45, 7) is 3.80. The Morgan fingerprint density at radius 1 is 1.25 bits per heavy atom. The molecule has 0 atom stereocenters. The fourth-order valence-electron chi connectivity index (χ4n) is 2.23. The minimum absolute atomic E-state index is 0.0336. The van der Waals surface area contributed by atoms with Gasteiger partial charge in [0.25, 0.3) is 0 Å². The number of carbonyl (C=O) groups is 1. The van der Waals surface area contributed by atoms with Crippen LogP contribution in [0.2, 0.25) is 0 Å². The first kappa shape index (κ1) is 11.2. The Morgan fingerprint density at radius 3 is 2.31 bits per heavy atom. The molecule has 0 unspecified atom stereocenters. The van der Waals surface area contributed by atoms with Crippen molar-refractivity contribution in [3.8, 4) is 0 Å². The SMILES string of the molecule is CC(C)OC(=O)C1(c2ccccc2)CCC1. The normalized spacial score (nSPS) is 17.9. The van der Waals surface area contributed by atoms with Gasteiger partial charge in [0.15, 0.2) is 0 Å². The van der Waals surface area contributed by atoms with E-state index in [0.29, 0.717) is 0 Å². The minimum atomic E-state index is -0.356. The lowest BCUT2D eigenvalue weighted by Crippen LogP contribution is -2.44. The van der Waals surface area contributed by atoms with E-state index in [-0.39, 0.29) is 17.5 Å². The van der Waals surface area contributed by atoms with E-state index in [0.717, 1.165) is 24.8 Å². The molecule has 0 bridgehead atoms. The third kappa shape index (κ3) is 1.84. The van der Waals surface area contributed by atoms with Crippen molar-refractivity contribution in [2.75, 3.05) is 0 Å². The predicted octanol–water partition coefficient (Wildman–Crippen LogP) is 3.06. The van der Waals surface area contributed by atoms with Crippen LogP contribution >= 0.6 is 0 Å². The second kappa shape index (κ2) is 4.28. The quantitative estimate of drug-likeness (QED) is 0.729. The summed E-state index contributed by atoms with van der Waals surface area (Å²) >= 11 is 0. The Kier molecular flexibility index (Phi) is 2.99. The van der Waals surface area contributed by atoms with Crippen LogP contribution in [-0.4, -0.2) is 12.1 Å². The van der Waals surface area contributed by atoms with E-state index in [9.17, 15) is 4.79 Å². The second-order valence-electron chi connectivity index (χ2n) is 4.76. The van der Waals surface area contributed by atoms with Crippen LogP contribution in [0, 0.1) is 0 Å². The topological polar surface area (TPSA) is 26.3 Å². The zero-order valence-electron chi connectivity index (χ0n) is 9.90. The predicted molar refractivity (Wildman–Crippen MR) is 63.2 cm³/mol. The number of hydrogen-bond acceptors (Lipinski definition) is 2. The van der Waals surface area contributed by atoms with Crippen LogP contribution in [-0.2, 0) is 14.9 Å². The Labute approximate surface area is 96.6 Å². The van der Waals surface area contributed by atoms with Gasteiger partial charge in [0, 0.05) is 0 Å². The van der Waals surface area contributed by atoms with Gasteiger partial charge in [-0.1, -0.05) is 36.8 Å². The molecule has 2 nitrogen and oxygen atoms in total. The van der Waals surface area contributed by atoms with Crippen molar-refractivity contribution in [3.05, 3.63) is 35.9 Å². The van der Waals surface area contributed by atoms with E-state index in [1.807, 2.05) is 44.2 Å². The Bertz CT molecular complexity index is 364. The Morgan fingerprint density at radius 2 is 1.88 bits per heavy atom. The molecular weight excluding hydrogens is 200 g/mol. The molecule has 0 saturated heterocycles. The van der Waals surface area contributed by atoms with E-state index < -0.39 is 0 Å². The molecule has 0 spiro atoms. The molecule has 86 valence electrons. The second-order valence-corrected chi connectivity index (χ2v) is 4.76. The van der Waals surface area contributed by atoms with Crippen molar-refractivity contribution in [2.24, 2.45) is 0 Å². The van der Waals surface area contributed by atoms with E-state index in [2.05, 4.69) is 0 Å². The first-order valence-corrected chi connectivity index (χ1v) is 5.92. The summed E-state index contributed by atoms with van der Waals surface area (Å²) in [4.78, 5) is 12.1. The molecule has 2 heteroatoms. The standard InChI is InChI=1S/C14H18O2/c1-11(2)16-13(15)14(9-6-10-14)12-7-4-3-5-8-12/h3-5,7-8,11H,6,9-10H2,1-2H3. The Hall–Kier alpha value is -1.31. The molecule has 1 aliphatic carbocycles. The molecule has 2 rings (SSSR count). The van der Waals surface area contributed by atoms with Gasteiger partial charge in [-0.2, -0.15) is 0 Å². The van der Waals surface area contributed by atoms with Gasteiger partial charge in [-0.3, -0.25) is 4.79 Å². The highest BCUT2D eigenvalue weighted by atomic mass is 16.5. The van der Waals surface area contributed by atoms with Crippen molar-refractivity contribution in [1.29, 1.82) is 0 Å². The van der Waals surface area contributed by atoms with Gasteiger partial charge >= 0.3 is 5.97 Å². The zero-order chi connectivity index (χ0) is 11.6. The highest BCUT2D eigenvalue weighted by Crippen LogP contribution is 2.44. The van der Waals surface area contributed by atoms with Crippen molar-refractivity contribution in [1.82, 2.24) is 0 Å². The van der Waals surface area contributed by atoms with Gasteiger partial charge in [0.1, 0.15) is 0 Å². The summed E-state index contributed by atoms with van der Waals surface area (Å²) in [5.41, 5.74) is 0.748. The molecule has 0 aliphatic heterocycles. The molecule has 1 fully saturated rings. The summed E-state index contributed by atoms with van der Waals surface area (Å²) in [5, 5.41) is 0. The van der Waals surface area contributed by atoms with Gasteiger partial charge in [0.2, 0.25) is 0 Å². The fourth-order valence-corrected chi connectivity index (χ4v) is 2.23. The van der Waals surface area contributed by atoms with Crippen LogP contribution in [0.25, 0.3) is 0 Å². The smallest absolute Gasteiger partial charge is 0.316 e. The minimum Gasteiger partial charge on any atom is -0.462 e. The number of benzene rings is 1. The fraction of sp³-hybridized carbons (Fsp3) is 0.500. The van der Waals surface area contributed by atoms with Crippen LogP contribution in [0.5, 0.6) is 0 Å². The molecule has 0 heterocycles. The first-order valence-electron chi connectivity index (χ1n) is 5.92. The molecule has 0 amide bonds. The molecule has 1 aromatic rings. The summed E-state index contributed by atoms with van der Waals surface area (Å²) in [6.07, 6.45) is 2.92. The van der Waals surface area contributed by atoms with Gasteiger partial charge in [-0.25, -0.2) is 0 Å². The van der Waals surface area contributed by atoms with E-state index in [1.165, 1.54) is 0 Å². The van der Waals surface area contributed by atoms with E-state index >= 15 is 0 Å². The van der Waals surface area contributed by atoms with Gasteiger partial charge in [0.05, 0.1) is 11.5 Å². The van der Waals surface area contributed by atoms with Crippen molar-refractivity contribution >= 4 is 5.97 Å². The maximum Gasteiger partial charge on any atom is 0.316 e. The lowest BCUT2D eigenvalue weighted by atomic mass is 9.64. The van der Waals surface area contributed by atoms with Crippen LogP contribution in [0.3, 0.4) is 0 Å². The molecular formula is C14H18O2. The van der Waals surface area contributed by atoms with Crippen LogP contribution < -0.4 is 0 Å². The molecule has 0 N–H and O–H groups in total. The molecule has 1 aliphatic rings. The molecule has 0 radical (unpaired) electrons. The zero-order valence-corrected chi connectivity index (χ0v) is 9.90. The van der Waals surface area contributed by atoms with E-state index in [4.69, 9.17) is 4.74 Å². The Balaban J connectivity index is 2.23. The third-order valence-corrected chi connectivity index (χ3v) is 3.27. The van der Waals surface area contributed by atoms with E-state index in [1.54, 1.807) is 0 Å². The first-order chi connectivity index (χ1) is 7.65. The third-order valence-electron chi connectivity index (χ3n) is 3.27. The number of carbonyl (C=O) groups excluding carboxylic acids is 1. The lowest BCUT2D eigenvalue weighted by molar-refractivity contribution is -0.158. The van der Waals surface area contributed by atoms with Crippen molar-refractivity contribution < 1.29 is 9.53 Å². The summed E-state index contributed by atoms with van der Waals surface area (Å²) in [6, 6.07) is 10.0. The average molecular weight is 218 g/mol. The largest absolute Gasteiger partial charge is 0.462 e. The molecule has 1 saturated carbocycles. The number of rotatable bonds is 3. The number of hydrogen-bond donors (Lipinski definition) is 0. The van der Waals surface area contributed by atoms with Crippen molar-refractivity contribution in [3.63, 3.8) is 0 Å². The summed E-state index contributed by atoms with van der Waals surface area (Å²) in [5.74, 6) is -0.0556. The van der Waals surface area contributed by atoms with Crippen LogP contribution in [0.4, 0.5) is 0 Å². The highest BCUT2D eigenvalue weighted by Gasteiger charge is 2.47. The molecule has 0 aromatic heterocycles. The van der Waals surface area contributed by atoms with Crippen molar-refractivity contribution in [2.45, 2.75) is 44.6 Å². The average Bonchev–Trinajstić information content (AvgIpc) is 2.16. The highest BCUT2D eigenvalue weighted by molar-refractivity contribution is 5.84. The summed E-state index contributed by atoms with van der Waals surface area (Å²) < 4.78 is 5.37. The number of ether oxygens (including phenoxy) is 1.